The molecule has 2 N–H and O–H groups in total. The molecule has 2 amide bonds. The minimum Gasteiger partial charge on any atom is -0.268 e. The summed E-state index contributed by atoms with van der Waals surface area (Å²) >= 11 is 3.29. The third kappa shape index (κ3) is 4.89. The Bertz CT molecular complexity index is 652. The number of halogens is 1. The second-order valence-electron chi connectivity index (χ2n) is 4.19. The molecular weight excluding hydrogens is 332 g/mol. The van der Waals surface area contributed by atoms with Crippen molar-refractivity contribution < 1.29 is 9.59 Å². The fourth-order valence-corrected chi connectivity index (χ4v) is 1.83. The Morgan fingerprint density at radius 1 is 0.905 bits per heavy atom. The molecular formula is C16H13BrN2O2. The topological polar surface area (TPSA) is 58.2 Å². The van der Waals surface area contributed by atoms with Crippen LogP contribution in [-0.2, 0) is 4.79 Å². The van der Waals surface area contributed by atoms with Gasteiger partial charge in [-0.2, -0.15) is 0 Å². The molecule has 0 bridgehead atoms. The summed E-state index contributed by atoms with van der Waals surface area (Å²) in [5.74, 6) is -0.770. The van der Waals surface area contributed by atoms with E-state index in [-0.39, 0.29) is 5.91 Å². The van der Waals surface area contributed by atoms with Crippen LogP contribution in [0.15, 0.2) is 65.1 Å². The Balaban J connectivity index is 1.85. The summed E-state index contributed by atoms with van der Waals surface area (Å²) in [6.45, 7) is 0. The summed E-state index contributed by atoms with van der Waals surface area (Å²) in [6, 6.07) is 16.2. The summed E-state index contributed by atoms with van der Waals surface area (Å²) in [5, 5.41) is 0. The van der Waals surface area contributed by atoms with Crippen LogP contribution in [0.5, 0.6) is 0 Å². The van der Waals surface area contributed by atoms with Gasteiger partial charge in [0.15, 0.2) is 0 Å². The first-order valence-corrected chi connectivity index (χ1v) is 7.03. The van der Waals surface area contributed by atoms with Gasteiger partial charge in [-0.3, -0.25) is 20.4 Å². The molecule has 0 aliphatic rings. The number of carbonyl (C=O) groups is 2. The molecule has 0 aliphatic heterocycles. The number of hydrogen-bond acceptors (Lipinski definition) is 2. The quantitative estimate of drug-likeness (QED) is 0.664. The molecule has 5 heteroatoms. The number of amides is 2. The van der Waals surface area contributed by atoms with Gasteiger partial charge < -0.3 is 0 Å². The van der Waals surface area contributed by atoms with E-state index in [9.17, 15) is 9.59 Å². The molecule has 0 spiro atoms. The van der Waals surface area contributed by atoms with Crippen LogP contribution in [0.2, 0.25) is 0 Å². The summed E-state index contributed by atoms with van der Waals surface area (Å²) in [6.07, 6.45) is 3.03. The van der Waals surface area contributed by atoms with E-state index in [0.29, 0.717) is 5.56 Å². The number of carbonyl (C=O) groups excluding carboxylic acids is 2. The van der Waals surface area contributed by atoms with Crippen molar-refractivity contribution in [3.8, 4) is 0 Å². The lowest BCUT2D eigenvalue weighted by Gasteiger charge is -2.05. The van der Waals surface area contributed by atoms with Gasteiger partial charge in [0.1, 0.15) is 0 Å². The van der Waals surface area contributed by atoms with E-state index in [1.807, 2.05) is 30.3 Å². The monoisotopic (exact) mass is 344 g/mol. The zero-order valence-corrected chi connectivity index (χ0v) is 12.6. The highest BCUT2D eigenvalue weighted by atomic mass is 79.9. The van der Waals surface area contributed by atoms with Gasteiger partial charge >= 0.3 is 0 Å². The van der Waals surface area contributed by atoms with E-state index in [0.717, 1.165) is 10.0 Å². The second-order valence-corrected chi connectivity index (χ2v) is 5.11. The van der Waals surface area contributed by atoms with Crippen molar-refractivity contribution in [3.05, 3.63) is 76.3 Å². The number of nitrogens with one attached hydrogen (secondary N) is 2. The van der Waals surface area contributed by atoms with Crippen molar-refractivity contribution in [2.24, 2.45) is 0 Å². The van der Waals surface area contributed by atoms with Crippen LogP contribution in [0.25, 0.3) is 6.08 Å². The van der Waals surface area contributed by atoms with Crippen LogP contribution < -0.4 is 10.9 Å². The van der Waals surface area contributed by atoms with Crippen molar-refractivity contribution in [3.63, 3.8) is 0 Å². The minimum absolute atomic E-state index is 0.371. The van der Waals surface area contributed by atoms with E-state index < -0.39 is 5.91 Å². The molecule has 2 aromatic carbocycles. The fraction of sp³-hybridized carbons (Fsp3) is 0. The van der Waals surface area contributed by atoms with Crippen molar-refractivity contribution >= 4 is 33.8 Å². The van der Waals surface area contributed by atoms with Crippen LogP contribution in [0, 0.1) is 0 Å². The molecule has 2 aromatic rings. The maximum Gasteiger partial charge on any atom is 0.269 e. The van der Waals surface area contributed by atoms with Gasteiger partial charge in [-0.1, -0.05) is 46.3 Å². The Morgan fingerprint density at radius 2 is 1.57 bits per heavy atom. The van der Waals surface area contributed by atoms with Gasteiger partial charge in [0.05, 0.1) is 0 Å². The normalized spacial score (nSPS) is 10.3. The fourth-order valence-electron chi connectivity index (χ4n) is 1.57. The summed E-state index contributed by atoms with van der Waals surface area (Å²) in [4.78, 5) is 23.4. The van der Waals surface area contributed by atoms with Crippen LogP contribution in [0.4, 0.5) is 0 Å². The molecule has 0 unspecified atom stereocenters. The molecule has 0 heterocycles. The lowest BCUT2D eigenvalue weighted by atomic mass is 10.2. The van der Waals surface area contributed by atoms with Crippen molar-refractivity contribution in [2.45, 2.75) is 0 Å². The maximum absolute atomic E-state index is 11.8. The Labute approximate surface area is 131 Å². The largest absolute Gasteiger partial charge is 0.269 e. The molecule has 106 valence electrons. The van der Waals surface area contributed by atoms with Crippen molar-refractivity contribution in [2.75, 3.05) is 0 Å². The van der Waals surface area contributed by atoms with Crippen molar-refractivity contribution in [1.82, 2.24) is 10.9 Å². The summed E-state index contributed by atoms with van der Waals surface area (Å²) < 4.78 is 0.883. The van der Waals surface area contributed by atoms with Crippen LogP contribution in [0.1, 0.15) is 15.9 Å². The summed E-state index contributed by atoms with van der Waals surface area (Å²) in [5.41, 5.74) is 6.05. The molecule has 0 aromatic heterocycles. The number of benzene rings is 2. The third-order valence-electron chi connectivity index (χ3n) is 2.63. The standard InChI is InChI=1S/C16H13BrN2O2/c17-14-9-7-13(8-10-14)16(21)19-18-15(20)11-6-12-4-2-1-3-5-12/h1-11H,(H,18,20)(H,19,21)/b11-6+. The van der Waals surface area contributed by atoms with E-state index in [1.54, 1.807) is 30.3 Å². The molecule has 0 aliphatic carbocycles. The van der Waals surface area contributed by atoms with Gasteiger partial charge in [-0.15, -0.1) is 0 Å². The molecule has 0 radical (unpaired) electrons. The predicted molar refractivity (Wildman–Crippen MR) is 85.2 cm³/mol. The van der Waals surface area contributed by atoms with Gasteiger partial charge in [0, 0.05) is 16.1 Å². The Hall–Kier alpha value is -2.40. The smallest absolute Gasteiger partial charge is 0.268 e. The maximum atomic E-state index is 11.8. The average molecular weight is 345 g/mol. The Kier molecular flexibility index (Phi) is 5.29. The minimum atomic E-state index is -0.399. The van der Waals surface area contributed by atoms with Crippen molar-refractivity contribution in [1.29, 1.82) is 0 Å². The van der Waals surface area contributed by atoms with E-state index in [1.165, 1.54) is 6.08 Å². The molecule has 2 rings (SSSR count). The molecule has 0 saturated carbocycles. The average Bonchev–Trinajstić information content (AvgIpc) is 2.52. The molecule has 4 nitrogen and oxygen atoms in total. The highest BCUT2D eigenvalue weighted by Crippen LogP contribution is 2.10. The molecule has 0 saturated heterocycles. The number of rotatable bonds is 3. The summed E-state index contributed by atoms with van der Waals surface area (Å²) in [7, 11) is 0. The van der Waals surface area contributed by atoms with Crippen LogP contribution in [-0.4, -0.2) is 11.8 Å². The van der Waals surface area contributed by atoms with Gasteiger partial charge in [-0.25, -0.2) is 0 Å². The zero-order chi connectivity index (χ0) is 15.1. The first-order valence-electron chi connectivity index (χ1n) is 6.24. The van der Waals surface area contributed by atoms with Gasteiger partial charge in [-0.05, 0) is 35.9 Å². The second kappa shape index (κ2) is 7.40. The third-order valence-corrected chi connectivity index (χ3v) is 3.16. The van der Waals surface area contributed by atoms with E-state index >= 15 is 0 Å². The first kappa shape index (κ1) is 15.0. The molecule has 0 atom stereocenters. The van der Waals surface area contributed by atoms with Crippen LogP contribution in [0.3, 0.4) is 0 Å². The number of hydrazine groups is 1. The number of hydrogen-bond donors (Lipinski definition) is 2. The molecule has 21 heavy (non-hydrogen) atoms. The predicted octanol–water partition coefficient (Wildman–Crippen LogP) is 2.92. The first-order chi connectivity index (χ1) is 10.1. The van der Waals surface area contributed by atoms with E-state index in [4.69, 9.17) is 0 Å². The van der Waals surface area contributed by atoms with E-state index in [2.05, 4.69) is 26.8 Å². The lowest BCUT2D eigenvalue weighted by molar-refractivity contribution is -0.117. The SMILES string of the molecule is O=C(/C=C/c1ccccc1)NNC(=O)c1ccc(Br)cc1. The molecule has 0 fully saturated rings. The Morgan fingerprint density at radius 3 is 2.24 bits per heavy atom. The van der Waals surface area contributed by atoms with Crippen LogP contribution >= 0.6 is 15.9 Å². The van der Waals surface area contributed by atoms with Gasteiger partial charge in [0.25, 0.3) is 11.8 Å². The highest BCUT2D eigenvalue weighted by molar-refractivity contribution is 9.10. The highest BCUT2D eigenvalue weighted by Gasteiger charge is 2.05. The zero-order valence-electron chi connectivity index (χ0n) is 11.0. The van der Waals surface area contributed by atoms with Gasteiger partial charge in [0.2, 0.25) is 0 Å². The lowest BCUT2D eigenvalue weighted by Crippen LogP contribution is -2.40.